The van der Waals surface area contributed by atoms with Crippen molar-refractivity contribution in [3.05, 3.63) is 113 Å². The van der Waals surface area contributed by atoms with Gasteiger partial charge in [0.15, 0.2) is 10.6 Å². The van der Waals surface area contributed by atoms with Gasteiger partial charge in [0.05, 0.1) is 4.90 Å². The first-order valence-electron chi connectivity index (χ1n) is 8.59. The zero-order valence-electron chi connectivity index (χ0n) is 14.7. The molecule has 1 aliphatic heterocycles. The maximum Gasteiger partial charge on any atom is 0.226 e. The lowest BCUT2D eigenvalue weighted by Crippen LogP contribution is -2.26. The highest BCUT2D eigenvalue weighted by molar-refractivity contribution is 7.95. The van der Waals surface area contributed by atoms with Crippen LogP contribution in [-0.4, -0.2) is 8.42 Å². The highest BCUT2D eigenvalue weighted by atomic mass is 32.2. The van der Waals surface area contributed by atoms with Gasteiger partial charge >= 0.3 is 0 Å². The maximum absolute atomic E-state index is 13.2. The van der Waals surface area contributed by atoms with Crippen LogP contribution in [0.15, 0.2) is 117 Å². The molecule has 0 atom stereocenters. The van der Waals surface area contributed by atoms with Crippen LogP contribution in [0.4, 0.5) is 0 Å². The zero-order chi connectivity index (χ0) is 19.6. The van der Waals surface area contributed by atoms with Crippen LogP contribution in [0, 0.1) is 11.3 Å². The van der Waals surface area contributed by atoms with Crippen molar-refractivity contribution in [3.63, 3.8) is 0 Å². The van der Waals surface area contributed by atoms with Crippen LogP contribution >= 0.6 is 0 Å². The van der Waals surface area contributed by atoms with Gasteiger partial charge in [-0.15, -0.1) is 5.11 Å². The highest BCUT2D eigenvalue weighted by Crippen LogP contribution is 2.48. The molecule has 0 aromatic heterocycles. The van der Waals surface area contributed by atoms with E-state index in [1.807, 2.05) is 60.7 Å². The van der Waals surface area contributed by atoms with Crippen molar-refractivity contribution in [2.45, 2.75) is 10.4 Å². The summed E-state index contributed by atoms with van der Waals surface area (Å²) in [6, 6.07) is 28.4. The number of hydrogen-bond donors (Lipinski definition) is 0. The van der Waals surface area contributed by atoms with Gasteiger partial charge in [0, 0.05) is 0 Å². The molecule has 28 heavy (non-hydrogen) atoms. The van der Waals surface area contributed by atoms with Gasteiger partial charge in [0.1, 0.15) is 11.6 Å². The van der Waals surface area contributed by atoms with Gasteiger partial charge in [0.2, 0.25) is 9.84 Å². The monoisotopic (exact) mass is 385 g/mol. The molecule has 0 unspecified atom stereocenters. The van der Waals surface area contributed by atoms with E-state index in [4.69, 9.17) is 0 Å². The number of rotatable bonds is 4. The Kier molecular flexibility index (Phi) is 4.38. The first-order chi connectivity index (χ1) is 13.6. The number of nitriles is 1. The Labute approximate surface area is 163 Å². The second-order valence-corrected chi connectivity index (χ2v) is 8.12. The smallest absolute Gasteiger partial charge is 0.217 e. The Morgan fingerprint density at radius 1 is 0.750 bits per heavy atom. The lowest BCUT2D eigenvalue weighted by molar-refractivity contribution is 0.601. The average Bonchev–Trinajstić information content (AvgIpc) is 3.17. The van der Waals surface area contributed by atoms with Gasteiger partial charge in [-0.25, -0.2) is 8.42 Å². The van der Waals surface area contributed by atoms with Crippen molar-refractivity contribution in [2.24, 2.45) is 10.2 Å². The quantitative estimate of drug-likeness (QED) is 0.658. The topological polar surface area (TPSA) is 82.6 Å². The van der Waals surface area contributed by atoms with Crippen molar-refractivity contribution >= 4 is 9.84 Å². The fraction of sp³-hybridized carbons (Fsp3) is 0.0455. The molecule has 0 amide bonds. The van der Waals surface area contributed by atoms with Crippen molar-refractivity contribution in [3.8, 4) is 6.07 Å². The predicted molar refractivity (Wildman–Crippen MR) is 105 cm³/mol. The Hall–Kier alpha value is -3.56. The summed E-state index contributed by atoms with van der Waals surface area (Å²) in [5, 5.41) is 18.1. The van der Waals surface area contributed by atoms with Gasteiger partial charge in [-0.2, -0.15) is 10.4 Å². The number of nitrogens with zero attached hydrogens (tertiary/aromatic N) is 3. The molecule has 3 aromatic carbocycles. The van der Waals surface area contributed by atoms with Crippen LogP contribution in [0.25, 0.3) is 0 Å². The second-order valence-electron chi connectivity index (χ2n) is 6.25. The molecule has 1 heterocycles. The molecule has 0 saturated heterocycles. The molecule has 0 saturated carbocycles. The van der Waals surface area contributed by atoms with Crippen molar-refractivity contribution in [1.29, 1.82) is 5.26 Å². The SMILES string of the molecule is N#CC1=C(S(=O)(=O)c2ccccc2)N=NC1(c1ccccc1)c1ccccc1. The van der Waals surface area contributed by atoms with E-state index in [-0.39, 0.29) is 15.5 Å². The van der Waals surface area contributed by atoms with Crippen LogP contribution in [0.2, 0.25) is 0 Å². The molecule has 0 spiro atoms. The minimum Gasteiger partial charge on any atom is -0.217 e. The highest BCUT2D eigenvalue weighted by Gasteiger charge is 2.47. The van der Waals surface area contributed by atoms with Gasteiger partial charge < -0.3 is 0 Å². The second kappa shape index (κ2) is 6.87. The van der Waals surface area contributed by atoms with E-state index in [9.17, 15) is 13.7 Å². The van der Waals surface area contributed by atoms with Crippen molar-refractivity contribution in [2.75, 3.05) is 0 Å². The summed E-state index contributed by atoms with van der Waals surface area (Å²) < 4.78 is 26.4. The van der Waals surface area contributed by atoms with Crippen molar-refractivity contribution in [1.82, 2.24) is 0 Å². The van der Waals surface area contributed by atoms with Crippen LogP contribution in [0.3, 0.4) is 0 Å². The van der Waals surface area contributed by atoms with E-state index >= 15 is 0 Å². The van der Waals surface area contributed by atoms with E-state index in [1.165, 1.54) is 12.1 Å². The van der Waals surface area contributed by atoms with E-state index in [0.717, 1.165) is 0 Å². The maximum atomic E-state index is 13.2. The molecule has 0 radical (unpaired) electrons. The Morgan fingerprint density at radius 3 is 1.68 bits per heavy atom. The van der Waals surface area contributed by atoms with E-state index in [0.29, 0.717) is 11.1 Å². The standard InChI is InChI=1S/C22H15N3O2S/c23-16-20-21(28(26,27)19-14-8-3-9-15-19)24-25-22(20,17-10-4-1-5-11-17)18-12-6-2-7-13-18/h1-15H. The van der Waals surface area contributed by atoms with E-state index in [2.05, 4.69) is 16.3 Å². The lowest BCUT2D eigenvalue weighted by Gasteiger charge is -2.26. The summed E-state index contributed by atoms with van der Waals surface area (Å²) in [6.07, 6.45) is 0. The lowest BCUT2D eigenvalue weighted by atomic mass is 9.78. The summed E-state index contributed by atoms with van der Waals surface area (Å²) in [4.78, 5) is 0.0774. The fourth-order valence-electron chi connectivity index (χ4n) is 3.33. The third-order valence-corrected chi connectivity index (χ3v) is 6.36. The third kappa shape index (κ3) is 2.65. The number of sulfone groups is 1. The molecular weight excluding hydrogens is 370 g/mol. The van der Waals surface area contributed by atoms with E-state index < -0.39 is 15.4 Å². The average molecular weight is 385 g/mol. The first kappa shape index (κ1) is 17.8. The molecule has 4 rings (SSSR count). The molecule has 0 N–H and O–H groups in total. The Morgan fingerprint density at radius 2 is 1.21 bits per heavy atom. The first-order valence-corrected chi connectivity index (χ1v) is 10.1. The van der Waals surface area contributed by atoms with Crippen molar-refractivity contribution < 1.29 is 8.42 Å². The van der Waals surface area contributed by atoms with Gasteiger partial charge in [0.25, 0.3) is 0 Å². The molecule has 5 nitrogen and oxygen atoms in total. The Bertz CT molecular complexity index is 1170. The van der Waals surface area contributed by atoms with Crippen LogP contribution < -0.4 is 0 Å². The number of benzene rings is 3. The molecule has 0 fully saturated rings. The van der Waals surface area contributed by atoms with Crippen LogP contribution in [-0.2, 0) is 15.4 Å². The Balaban J connectivity index is 2.03. The van der Waals surface area contributed by atoms with Gasteiger partial charge in [-0.3, -0.25) is 0 Å². The molecule has 1 aliphatic rings. The van der Waals surface area contributed by atoms with Gasteiger partial charge in [-0.05, 0) is 23.3 Å². The largest absolute Gasteiger partial charge is 0.226 e. The zero-order valence-corrected chi connectivity index (χ0v) is 15.5. The molecule has 0 aliphatic carbocycles. The third-order valence-electron chi connectivity index (χ3n) is 4.67. The molecule has 6 heteroatoms. The molecule has 136 valence electrons. The molecule has 3 aromatic rings. The summed E-state index contributed by atoms with van der Waals surface area (Å²) in [7, 11) is -3.99. The summed E-state index contributed by atoms with van der Waals surface area (Å²) in [5.41, 5.74) is 0.0577. The minimum absolute atomic E-state index is 0.00578. The van der Waals surface area contributed by atoms with Crippen LogP contribution in [0.5, 0.6) is 0 Å². The summed E-state index contributed by atoms with van der Waals surface area (Å²) in [6.45, 7) is 0. The molecule has 0 bridgehead atoms. The minimum atomic E-state index is -3.99. The van der Waals surface area contributed by atoms with Gasteiger partial charge in [-0.1, -0.05) is 78.9 Å². The summed E-state index contributed by atoms with van der Waals surface area (Å²) >= 11 is 0. The normalized spacial score (nSPS) is 15.4. The van der Waals surface area contributed by atoms with E-state index in [1.54, 1.807) is 18.2 Å². The number of hydrogen-bond acceptors (Lipinski definition) is 5. The van der Waals surface area contributed by atoms with Crippen LogP contribution in [0.1, 0.15) is 11.1 Å². The summed E-state index contributed by atoms with van der Waals surface area (Å²) in [5.74, 6) is 0. The number of azo groups is 1. The molecular formula is C22H15N3O2S. The predicted octanol–water partition coefficient (Wildman–Crippen LogP) is 4.61. The fourth-order valence-corrected chi connectivity index (χ4v) is 4.68.